The molecule has 0 aliphatic rings. The lowest BCUT2D eigenvalue weighted by molar-refractivity contribution is 0.419. The average molecular weight is 301 g/mol. The van der Waals surface area contributed by atoms with Crippen molar-refractivity contribution in [2.75, 3.05) is 5.73 Å². The molecule has 3 nitrogen and oxygen atoms in total. The van der Waals surface area contributed by atoms with Gasteiger partial charge in [-0.05, 0) is 36.4 Å². The van der Waals surface area contributed by atoms with E-state index in [4.69, 9.17) is 21.6 Å². The molecule has 0 aliphatic carbocycles. The fourth-order valence-corrected chi connectivity index (χ4v) is 2.10. The molecule has 0 spiro atoms. The Labute approximate surface area is 135 Å². The van der Waals surface area contributed by atoms with Gasteiger partial charge in [-0.1, -0.05) is 42.3 Å². The Morgan fingerprint density at radius 1 is 0.652 bits per heavy atom. The molecule has 2 N–H and O–H groups in total. The highest BCUT2D eigenvalue weighted by Gasteiger charge is 2.10. The summed E-state index contributed by atoms with van der Waals surface area (Å²) in [6.45, 7) is 0. The molecule has 0 unspecified atom stereocenters. The van der Waals surface area contributed by atoms with Crippen molar-refractivity contribution in [2.24, 2.45) is 0 Å². The number of hydrogen-bond donors (Lipinski definition) is 1. The summed E-state index contributed by atoms with van der Waals surface area (Å²) >= 11 is 0. The van der Waals surface area contributed by atoms with Gasteiger partial charge in [0.25, 0.3) is 0 Å². The van der Waals surface area contributed by atoms with Crippen molar-refractivity contribution in [1.29, 1.82) is 0 Å². The minimum absolute atomic E-state index is 0.561. The molecule has 3 rings (SSSR count). The number of anilines is 1. The van der Waals surface area contributed by atoms with E-state index in [0.717, 1.165) is 0 Å². The Bertz CT molecular complexity index is 865. The van der Waals surface area contributed by atoms with Gasteiger partial charge in [0.05, 0.1) is 11.3 Å². The molecule has 3 aromatic carbocycles. The summed E-state index contributed by atoms with van der Waals surface area (Å²) in [5.41, 5.74) is 7.17. The van der Waals surface area contributed by atoms with Crippen LogP contribution in [0.2, 0.25) is 0 Å². The van der Waals surface area contributed by atoms with Crippen LogP contribution >= 0.6 is 0 Å². The van der Waals surface area contributed by atoms with Crippen LogP contribution in [0.15, 0.2) is 72.8 Å². The Hall–Kier alpha value is -3.38. The third kappa shape index (κ3) is 3.28. The molecule has 0 bridgehead atoms. The molecule has 3 heteroatoms. The highest BCUT2D eigenvalue weighted by molar-refractivity contribution is 5.56. The lowest BCUT2D eigenvalue weighted by Gasteiger charge is -2.14. The van der Waals surface area contributed by atoms with Gasteiger partial charge in [0.15, 0.2) is 17.2 Å². The van der Waals surface area contributed by atoms with Crippen molar-refractivity contribution in [1.82, 2.24) is 0 Å². The van der Waals surface area contributed by atoms with Gasteiger partial charge in [0.1, 0.15) is 5.75 Å². The van der Waals surface area contributed by atoms with Crippen LogP contribution in [0.4, 0.5) is 5.69 Å². The predicted molar refractivity (Wildman–Crippen MR) is 91.8 cm³/mol. The maximum absolute atomic E-state index is 5.94. The topological polar surface area (TPSA) is 44.5 Å². The van der Waals surface area contributed by atoms with E-state index in [0.29, 0.717) is 34.2 Å². The Balaban J connectivity index is 1.93. The van der Waals surface area contributed by atoms with Gasteiger partial charge in [-0.2, -0.15) is 0 Å². The third-order valence-electron chi connectivity index (χ3n) is 3.25. The van der Waals surface area contributed by atoms with Gasteiger partial charge in [-0.15, -0.1) is 6.42 Å². The quantitative estimate of drug-likeness (QED) is 0.554. The molecule has 0 saturated heterocycles. The second kappa shape index (κ2) is 6.59. The first kappa shape index (κ1) is 14.6. The van der Waals surface area contributed by atoms with E-state index in [9.17, 15) is 0 Å². The van der Waals surface area contributed by atoms with Crippen molar-refractivity contribution in [3.8, 4) is 35.3 Å². The lowest BCUT2D eigenvalue weighted by Crippen LogP contribution is -1.94. The van der Waals surface area contributed by atoms with E-state index in [-0.39, 0.29) is 0 Å². The average Bonchev–Trinajstić information content (AvgIpc) is 2.59. The largest absolute Gasteiger partial charge is 0.452 e. The van der Waals surface area contributed by atoms with E-state index in [2.05, 4.69) is 5.92 Å². The molecular weight excluding hydrogens is 286 g/mol. The summed E-state index contributed by atoms with van der Waals surface area (Å²) in [5.74, 6) is 4.92. The molecule has 0 saturated carbocycles. The monoisotopic (exact) mass is 301 g/mol. The molecule has 0 atom stereocenters. The number of benzene rings is 3. The van der Waals surface area contributed by atoms with E-state index >= 15 is 0 Å². The van der Waals surface area contributed by atoms with Crippen LogP contribution in [0.1, 0.15) is 5.56 Å². The Morgan fingerprint density at radius 3 is 1.74 bits per heavy atom. The van der Waals surface area contributed by atoms with Crippen LogP contribution in [0.3, 0.4) is 0 Å². The molecule has 0 radical (unpaired) electrons. The summed E-state index contributed by atoms with van der Waals surface area (Å²) < 4.78 is 11.8. The lowest BCUT2D eigenvalue weighted by atomic mass is 10.2. The Morgan fingerprint density at radius 2 is 1.13 bits per heavy atom. The molecule has 0 aliphatic heterocycles. The summed E-state index contributed by atoms with van der Waals surface area (Å²) in [7, 11) is 0. The molecule has 23 heavy (non-hydrogen) atoms. The fourth-order valence-electron chi connectivity index (χ4n) is 2.10. The summed E-state index contributed by atoms with van der Waals surface area (Å²) in [6, 6.07) is 22.1. The van der Waals surface area contributed by atoms with E-state index in [1.807, 2.05) is 66.7 Å². The summed E-state index contributed by atoms with van der Waals surface area (Å²) in [5, 5.41) is 0. The maximum atomic E-state index is 5.94. The second-order valence-corrected chi connectivity index (χ2v) is 4.83. The zero-order valence-electron chi connectivity index (χ0n) is 12.4. The first-order chi connectivity index (χ1) is 11.3. The van der Waals surface area contributed by atoms with Crippen molar-refractivity contribution in [3.05, 3.63) is 78.4 Å². The van der Waals surface area contributed by atoms with Crippen LogP contribution in [-0.4, -0.2) is 0 Å². The number of nitrogen functional groups attached to an aromatic ring is 1. The minimum atomic E-state index is 0.561. The van der Waals surface area contributed by atoms with E-state index < -0.39 is 0 Å². The van der Waals surface area contributed by atoms with Gasteiger partial charge in [0, 0.05) is 0 Å². The molecule has 112 valence electrons. The van der Waals surface area contributed by atoms with Crippen molar-refractivity contribution in [3.63, 3.8) is 0 Å². The number of terminal acetylenes is 1. The van der Waals surface area contributed by atoms with Gasteiger partial charge < -0.3 is 15.2 Å². The van der Waals surface area contributed by atoms with E-state index in [1.165, 1.54) is 0 Å². The highest BCUT2D eigenvalue weighted by Crippen LogP contribution is 2.36. The standard InChI is InChI=1S/C20H15NO2/c1-2-15-9-3-5-11-17(15)22-19-13-7-8-14-20(19)23-18-12-6-4-10-16(18)21/h1,3-14H,21H2. The zero-order valence-corrected chi connectivity index (χ0v) is 12.4. The molecule has 0 aromatic heterocycles. The number of nitrogens with two attached hydrogens (primary N) is 1. The number of hydrogen-bond acceptors (Lipinski definition) is 3. The zero-order chi connectivity index (χ0) is 16.1. The van der Waals surface area contributed by atoms with Gasteiger partial charge in [-0.3, -0.25) is 0 Å². The SMILES string of the molecule is C#Cc1ccccc1Oc1ccccc1Oc1ccccc1N. The maximum Gasteiger partial charge on any atom is 0.170 e. The van der Waals surface area contributed by atoms with Crippen LogP contribution in [-0.2, 0) is 0 Å². The smallest absolute Gasteiger partial charge is 0.170 e. The Kier molecular flexibility index (Phi) is 4.17. The molecule has 0 fully saturated rings. The minimum Gasteiger partial charge on any atom is -0.452 e. The fraction of sp³-hybridized carbons (Fsp3) is 0. The first-order valence-corrected chi connectivity index (χ1v) is 7.13. The predicted octanol–water partition coefficient (Wildman–Crippen LogP) is 4.83. The van der Waals surface area contributed by atoms with Gasteiger partial charge in [-0.25, -0.2) is 0 Å². The molecule has 0 heterocycles. The second-order valence-electron chi connectivity index (χ2n) is 4.83. The van der Waals surface area contributed by atoms with E-state index in [1.54, 1.807) is 6.07 Å². The number of rotatable bonds is 4. The highest BCUT2D eigenvalue weighted by atomic mass is 16.5. The van der Waals surface area contributed by atoms with Crippen LogP contribution < -0.4 is 15.2 Å². The van der Waals surface area contributed by atoms with Gasteiger partial charge >= 0.3 is 0 Å². The van der Waals surface area contributed by atoms with Gasteiger partial charge in [0.2, 0.25) is 0 Å². The third-order valence-corrected chi connectivity index (χ3v) is 3.25. The van der Waals surface area contributed by atoms with Crippen LogP contribution in [0, 0.1) is 12.3 Å². The normalized spacial score (nSPS) is 9.87. The van der Waals surface area contributed by atoms with Crippen molar-refractivity contribution < 1.29 is 9.47 Å². The summed E-state index contributed by atoms with van der Waals surface area (Å²) in [4.78, 5) is 0. The first-order valence-electron chi connectivity index (χ1n) is 7.13. The molecular formula is C20H15NO2. The summed E-state index contributed by atoms with van der Waals surface area (Å²) in [6.07, 6.45) is 5.51. The molecule has 3 aromatic rings. The van der Waals surface area contributed by atoms with Crippen molar-refractivity contribution in [2.45, 2.75) is 0 Å². The van der Waals surface area contributed by atoms with Crippen LogP contribution in [0.5, 0.6) is 23.0 Å². The van der Waals surface area contributed by atoms with Crippen LogP contribution in [0.25, 0.3) is 0 Å². The number of ether oxygens (including phenoxy) is 2. The number of para-hydroxylation sites is 5. The molecule has 0 amide bonds. The van der Waals surface area contributed by atoms with Crippen molar-refractivity contribution >= 4 is 5.69 Å².